The molecule has 7 nitrogen and oxygen atoms in total. The monoisotopic (exact) mass is 431 g/mol. The first kappa shape index (κ1) is 21.2. The lowest BCUT2D eigenvalue weighted by Gasteiger charge is -2.23. The number of methoxy groups -OCH3 is 1. The van der Waals surface area contributed by atoms with Crippen LogP contribution in [0.5, 0.6) is 5.75 Å². The number of hydrogen-bond donors (Lipinski definition) is 2. The van der Waals surface area contributed by atoms with Gasteiger partial charge in [0.15, 0.2) is 10.6 Å². The highest BCUT2D eigenvalue weighted by atomic mass is 32.1. The molecule has 0 aliphatic rings. The molecule has 3 rings (SSSR count). The number of H-pyrrole nitrogens is 1. The maximum atomic E-state index is 12.5. The Kier molecular flexibility index (Phi) is 7.18. The Balaban J connectivity index is 1.61. The number of likely N-dealkylation sites (N-methyl/N-ethyl adjacent to an activating group) is 1. The van der Waals surface area contributed by atoms with Gasteiger partial charge in [0.25, 0.3) is 0 Å². The molecule has 154 valence electrons. The zero-order valence-corrected chi connectivity index (χ0v) is 18.3. The van der Waals surface area contributed by atoms with Crippen molar-refractivity contribution in [3.8, 4) is 17.1 Å². The summed E-state index contributed by atoms with van der Waals surface area (Å²) in [6.07, 6.45) is 0.321. The van der Waals surface area contributed by atoms with E-state index in [-0.39, 0.29) is 11.9 Å². The summed E-state index contributed by atoms with van der Waals surface area (Å²) < 4.78 is 7.54. The Morgan fingerprint density at radius 3 is 2.72 bits per heavy atom. The third-order valence-electron chi connectivity index (χ3n) is 4.66. The van der Waals surface area contributed by atoms with Crippen LogP contribution in [0, 0.1) is 4.77 Å². The standard InChI is InChI=1S/C20H25N5O2S2/c1-24(2)16(17-5-4-12-29-17)13-21-18(26)10-11-25-19(22-23-20(25)28)14-6-8-15(27-3)9-7-14/h4-9,12,16H,10-11,13H2,1-3H3,(H,21,26)(H,23,28). The first-order valence-corrected chi connectivity index (χ1v) is 10.5. The number of nitrogens with one attached hydrogen (secondary N) is 2. The van der Waals surface area contributed by atoms with E-state index in [1.807, 2.05) is 49.0 Å². The number of ether oxygens (including phenoxy) is 1. The van der Waals surface area contributed by atoms with Crippen LogP contribution in [0.2, 0.25) is 0 Å². The van der Waals surface area contributed by atoms with Crippen LogP contribution in [0.15, 0.2) is 41.8 Å². The summed E-state index contributed by atoms with van der Waals surface area (Å²) in [5, 5.41) is 12.2. The summed E-state index contributed by atoms with van der Waals surface area (Å²) in [5.74, 6) is 1.46. The van der Waals surface area contributed by atoms with Crippen molar-refractivity contribution in [2.45, 2.75) is 19.0 Å². The van der Waals surface area contributed by atoms with Gasteiger partial charge < -0.3 is 15.0 Å². The van der Waals surface area contributed by atoms with Crippen LogP contribution in [0.3, 0.4) is 0 Å². The van der Waals surface area contributed by atoms with Gasteiger partial charge >= 0.3 is 0 Å². The third-order valence-corrected chi connectivity index (χ3v) is 5.94. The van der Waals surface area contributed by atoms with Gasteiger partial charge in [-0.25, -0.2) is 0 Å². The Labute approximate surface area is 179 Å². The van der Waals surface area contributed by atoms with Crippen LogP contribution < -0.4 is 10.1 Å². The molecular weight excluding hydrogens is 406 g/mol. The fraction of sp³-hybridized carbons (Fsp3) is 0.350. The van der Waals surface area contributed by atoms with Crippen molar-refractivity contribution in [3.63, 3.8) is 0 Å². The fourth-order valence-electron chi connectivity index (χ4n) is 3.02. The lowest BCUT2D eigenvalue weighted by molar-refractivity contribution is -0.121. The van der Waals surface area contributed by atoms with Gasteiger partial charge in [0, 0.05) is 30.0 Å². The zero-order chi connectivity index (χ0) is 20.8. The lowest BCUT2D eigenvalue weighted by Crippen LogP contribution is -2.34. The van der Waals surface area contributed by atoms with Crippen LogP contribution in [0.4, 0.5) is 0 Å². The summed E-state index contributed by atoms with van der Waals surface area (Å²) in [6, 6.07) is 11.9. The van der Waals surface area contributed by atoms with Crippen molar-refractivity contribution in [1.29, 1.82) is 0 Å². The maximum Gasteiger partial charge on any atom is 0.221 e. The topological polar surface area (TPSA) is 75.2 Å². The predicted octanol–water partition coefficient (Wildman–Crippen LogP) is 3.49. The minimum atomic E-state index is -0.0165. The molecule has 9 heteroatoms. The van der Waals surface area contributed by atoms with Crippen molar-refractivity contribution in [2.75, 3.05) is 27.7 Å². The van der Waals surface area contributed by atoms with E-state index in [0.717, 1.165) is 11.3 Å². The van der Waals surface area contributed by atoms with Crippen molar-refractivity contribution in [1.82, 2.24) is 25.0 Å². The Morgan fingerprint density at radius 2 is 2.10 bits per heavy atom. The molecule has 3 aromatic rings. The number of carbonyl (C=O) groups is 1. The largest absolute Gasteiger partial charge is 0.497 e. The Morgan fingerprint density at radius 1 is 1.34 bits per heavy atom. The number of aromatic nitrogens is 3. The molecule has 0 saturated heterocycles. The average Bonchev–Trinajstić information content (AvgIpc) is 3.36. The summed E-state index contributed by atoms with van der Waals surface area (Å²) >= 11 is 7.05. The number of nitrogens with zero attached hydrogens (tertiary/aromatic N) is 3. The molecule has 2 heterocycles. The fourth-order valence-corrected chi connectivity index (χ4v) is 4.16. The highest BCUT2D eigenvalue weighted by Gasteiger charge is 2.17. The molecule has 1 aromatic carbocycles. The smallest absolute Gasteiger partial charge is 0.221 e. The second-order valence-corrected chi connectivity index (χ2v) is 8.15. The Hall–Kier alpha value is -2.49. The predicted molar refractivity (Wildman–Crippen MR) is 118 cm³/mol. The molecule has 29 heavy (non-hydrogen) atoms. The van der Waals surface area contributed by atoms with E-state index in [0.29, 0.717) is 30.1 Å². The molecule has 0 aliphatic heterocycles. The molecule has 0 fully saturated rings. The number of aromatic amines is 1. The minimum absolute atomic E-state index is 0.0165. The number of benzene rings is 1. The highest BCUT2D eigenvalue weighted by Crippen LogP contribution is 2.23. The number of rotatable bonds is 9. The second kappa shape index (κ2) is 9.82. The molecule has 2 aromatic heterocycles. The Bertz CT molecular complexity index is 977. The van der Waals surface area contributed by atoms with Crippen molar-refractivity contribution >= 4 is 29.5 Å². The summed E-state index contributed by atoms with van der Waals surface area (Å²) in [6.45, 7) is 1.02. The van der Waals surface area contributed by atoms with Crippen LogP contribution in [0.1, 0.15) is 17.3 Å². The van der Waals surface area contributed by atoms with E-state index in [9.17, 15) is 4.79 Å². The minimum Gasteiger partial charge on any atom is -0.497 e. The van der Waals surface area contributed by atoms with Crippen LogP contribution in [-0.4, -0.2) is 53.3 Å². The molecule has 1 unspecified atom stereocenters. The van der Waals surface area contributed by atoms with Crippen molar-refractivity contribution < 1.29 is 9.53 Å². The van der Waals surface area contributed by atoms with E-state index in [4.69, 9.17) is 17.0 Å². The SMILES string of the molecule is COc1ccc(-c2n[nH]c(=S)n2CCC(=O)NCC(c2cccs2)N(C)C)cc1. The number of hydrogen-bond acceptors (Lipinski definition) is 6. The van der Waals surface area contributed by atoms with Gasteiger partial charge in [0.1, 0.15) is 5.75 Å². The molecule has 2 N–H and O–H groups in total. The van der Waals surface area contributed by atoms with Crippen LogP contribution in [0.25, 0.3) is 11.4 Å². The molecular formula is C20H25N5O2S2. The van der Waals surface area contributed by atoms with E-state index < -0.39 is 0 Å². The third kappa shape index (κ3) is 5.31. The van der Waals surface area contributed by atoms with Gasteiger partial charge in [-0.2, -0.15) is 5.10 Å². The van der Waals surface area contributed by atoms with Gasteiger partial charge in [-0.3, -0.25) is 14.5 Å². The first-order valence-electron chi connectivity index (χ1n) is 9.25. The molecule has 0 spiro atoms. The van der Waals surface area contributed by atoms with Crippen LogP contribution >= 0.6 is 23.6 Å². The van der Waals surface area contributed by atoms with E-state index >= 15 is 0 Å². The number of carbonyl (C=O) groups excluding carboxylic acids is 1. The van der Waals surface area contributed by atoms with Gasteiger partial charge in [-0.1, -0.05) is 6.07 Å². The summed E-state index contributed by atoms with van der Waals surface area (Å²) in [4.78, 5) is 15.8. The van der Waals surface area contributed by atoms with Gasteiger partial charge in [0.2, 0.25) is 5.91 Å². The first-order chi connectivity index (χ1) is 14.0. The van der Waals surface area contributed by atoms with Crippen LogP contribution in [-0.2, 0) is 11.3 Å². The molecule has 0 aliphatic carbocycles. The van der Waals surface area contributed by atoms with E-state index in [2.05, 4.69) is 31.9 Å². The lowest BCUT2D eigenvalue weighted by atomic mass is 10.2. The van der Waals surface area contributed by atoms with E-state index in [1.54, 1.807) is 18.4 Å². The highest BCUT2D eigenvalue weighted by molar-refractivity contribution is 7.71. The summed E-state index contributed by atoms with van der Waals surface area (Å²) in [5.41, 5.74) is 0.906. The molecule has 1 atom stereocenters. The normalized spacial score (nSPS) is 12.1. The molecule has 0 bridgehead atoms. The second-order valence-electron chi connectivity index (χ2n) is 6.78. The van der Waals surface area contributed by atoms with Gasteiger partial charge in [-0.15, -0.1) is 11.3 Å². The maximum absolute atomic E-state index is 12.5. The zero-order valence-electron chi connectivity index (χ0n) is 16.7. The van der Waals surface area contributed by atoms with Gasteiger partial charge in [0.05, 0.1) is 13.2 Å². The quantitative estimate of drug-likeness (QED) is 0.507. The molecule has 0 saturated carbocycles. The number of thiophene rings is 1. The van der Waals surface area contributed by atoms with Crippen molar-refractivity contribution in [2.24, 2.45) is 0 Å². The summed E-state index contributed by atoms with van der Waals surface area (Å²) in [7, 11) is 5.66. The average molecular weight is 432 g/mol. The van der Waals surface area contributed by atoms with E-state index in [1.165, 1.54) is 4.88 Å². The molecule has 0 radical (unpaired) electrons. The van der Waals surface area contributed by atoms with Gasteiger partial charge in [-0.05, 0) is 62.0 Å². The number of amides is 1. The van der Waals surface area contributed by atoms with Crippen molar-refractivity contribution in [3.05, 3.63) is 51.4 Å². The molecule has 1 amide bonds.